The zero-order valence-electron chi connectivity index (χ0n) is 20.1. The summed E-state index contributed by atoms with van der Waals surface area (Å²) in [6.45, 7) is 2.29. The van der Waals surface area contributed by atoms with Crippen LogP contribution in [0.2, 0.25) is 0 Å². The van der Waals surface area contributed by atoms with Gasteiger partial charge in [-0.15, -0.1) is 6.58 Å². The Balaban J connectivity index is 2.54. The Hall–Kier alpha value is -1.19. The van der Waals surface area contributed by atoms with Crippen LogP contribution in [0.25, 0.3) is 0 Å². The van der Waals surface area contributed by atoms with Gasteiger partial charge >= 0.3 is 0 Å². The predicted molar refractivity (Wildman–Crippen MR) is 124 cm³/mol. The summed E-state index contributed by atoms with van der Waals surface area (Å²) >= 11 is 0. The number of ether oxygens (including phenoxy) is 2. The van der Waals surface area contributed by atoms with E-state index >= 15 is 0 Å². The Labute approximate surface area is 205 Å². The van der Waals surface area contributed by atoms with Gasteiger partial charge in [0.25, 0.3) is 5.91 Å². The minimum atomic E-state index is -2.05. The summed E-state index contributed by atoms with van der Waals surface area (Å²) in [7, 11) is 0. The largest absolute Gasteiger partial charge is 0.394 e. The van der Waals surface area contributed by atoms with Gasteiger partial charge in [0, 0.05) is 6.54 Å². The van der Waals surface area contributed by atoms with Crippen molar-refractivity contribution in [3.63, 3.8) is 0 Å². The van der Waals surface area contributed by atoms with Crippen LogP contribution in [0.4, 0.5) is 0 Å². The molecule has 0 bridgehead atoms. The maximum Gasteiger partial charge on any atom is 0.251 e. The molecule has 9 N–H and O–H groups in total. The van der Waals surface area contributed by atoms with Gasteiger partial charge in [-0.2, -0.15) is 0 Å². The van der Waals surface area contributed by atoms with Gasteiger partial charge in [-0.1, -0.05) is 38.2 Å². The van der Waals surface area contributed by atoms with Crippen LogP contribution < -0.4 is 5.32 Å². The molecule has 0 aromatic carbocycles. The highest BCUT2D eigenvalue weighted by molar-refractivity contribution is 5.81. The fourth-order valence-electron chi connectivity index (χ4n) is 3.79. The molecule has 9 atom stereocenters. The summed E-state index contributed by atoms with van der Waals surface area (Å²) in [5.41, 5.74) is 0. The second-order valence-electron chi connectivity index (χ2n) is 8.83. The molecule has 0 aliphatic carbocycles. The first kappa shape index (κ1) is 31.8. The Morgan fingerprint density at radius 3 is 2.11 bits per heavy atom. The second kappa shape index (κ2) is 17.3. The molecule has 206 valence electrons. The number of hydrogen-bond acceptors (Lipinski definition) is 11. The minimum Gasteiger partial charge on any atom is -0.394 e. The van der Waals surface area contributed by atoms with Crippen LogP contribution in [0, 0.1) is 0 Å². The quantitative estimate of drug-likeness (QED) is 0.0706. The Kier molecular flexibility index (Phi) is 15.7. The zero-order chi connectivity index (χ0) is 26.4. The Morgan fingerprint density at radius 2 is 1.54 bits per heavy atom. The van der Waals surface area contributed by atoms with Crippen LogP contribution in [0.15, 0.2) is 12.7 Å². The van der Waals surface area contributed by atoms with E-state index in [2.05, 4.69) is 11.9 Å². The van der Waals surface area contributed by atoms with Crippen LogP contribution in [0.3, 0.4) is 0 Å². The van der Waals surface area contributed by atoms with Crippen molar-refractivity contribution in [1.29, 1.82) is 0 Å². The summed E-state index contributed by atoms with van der Waals surface area (Å²) in [6.07, 6.45) is -6.07. The van der Waals surface area contributed by atoms with E-state index in [1.807, 2.05) is 6.08 Å². The van der Waals surface area contributed by atoms with Gasteiger partial charge in [0.15, 0.2) is 12.4 Å². The van der Waals surface area contributed by atoms with Gasteiger partial charge in [0.1, 0.15) is 42.7 Å². The van der Waals surface area contributed by atoms with Gasteiger partial charge in [-0.05, 0) is 19.3 Å². The van der Waals surface area contributed by atoms with Gasteiger partial charge in [-0.3, -0.25) is 4.79 Å². The SMILES string of the molecule is C=CCCCCCCCCCNC(=O)[C@H](O)[C@H](O)[C@H](O[C@@H]1O[C@H](CO)[C@H](O)[C@H](O)[C@H]1O)[C@H](O)CO. The van der Waals surface area contributed by atoms with E-state index in [0.29, 0.717) is 6.42 Å². The van der Waals surface area contributed by atoms with Crippen molar-refractivity contribution >= 4 is 5.91 Å². The third-order valence-electron chi connectivity index (χ3n) is 6.02. The van der Waals surface area contributed by atoms with Crippen molar-refractivity contribution in [1.82, 2.24) is 5.32 Å². The molecular weight excluding hydrogens is 466 g/mol. The van der Waals surface area contributed by atoms with Gasteiger partial charge in [-0.25, -0.2) is 0 Å². The average Bonchev–Trinajstić information content (AvgIpc) is 2.86. The highest BCUT2D eigenvalue weighted by atomic mass is 16.7. The highest BCUT2D eigenvalue weighted by Gasteiger charge is 2.47. The van der Waals surface area contributed by atoms with Crippen LogP contribution in [-0.4, -0.2) is 122 Å². The summed E-state index contributed by atoms with van der Waals surface area (Å²) in [5, 5.41) is 81.7. The van der Waals surface area contributed by atoms with Crippen LogP contribution in [0.5, 0.6) is 0 Å². The van der Waals surface area contributed by atoms with Crippen molar-refractivity contribution in [3.8, 4) is 0 Å². The number of carbonyl (C=O) groups is 1. The molecule has 1 aliphatic heterocycles. The first-order valence-corrected chi connectivity index (χ1v) is 12.2. The fraction of sp³-hybridized carbons (Fsp3) is 0.870. The summed E-state index contributed by atoms with van der Waals surface area (Å²) < 4.78 is 10.4. The van der Waals surface area contributed by atoms with Crippen molar-refractivity contribution in [3.05, 3.63) is 12.7 Å². The molecule has 1 aliphatic rings. The molecule has 1 amide bonds. The molecule has 35 heavy (non-hydrogen) atoms. The zero-order valence-corrected chi connectivity index (χ0v) is 20.1. The van der Waals surface area contributed by atoms with Crippen LogP contribution in [-0.2, 0) is 14.3 Å². The second-order valence-corrected chi connectivity index (χ2v) is 8.83. The predicted octanol–water partition coefficient (Wildman–Crippen LogP) is -2.33. The smallest absolute Gasteiger partial charge is 0.251 e. The maximum atomic E-state index is 12.3. The fourth-order valence-corrected chi connectivity index (χ4v) is 3.79. The first-order chi connectivity index (χ1) is 16.7. The standard InChI is InChI=1S/C23H43NO11/c1-2-3-4-5-6-7-8-9-10-11-24-22(33)19(31)18(30)21(14(27)12-25)35-23-20(32)17(29)16(28)15(13-26)34-23/h2,14-21,23,25-32H,1,3-13H2,(H,24,33)/t14-,15-,16+,17+,18+,19-,20-,21-,23+/m1/s1. The lowest BCUT2D eigenvalue weighted by molar-refractivity contribution is -0.326. The molecule has 1 fully saturated rings. The molecular formula is C23H43NO11. The summed E-state index contributed by atoms with van der Waals surface area (Å²) in [6, 6.07) is 0. The van der Waals surface area contributed by atoms with E-state index in [1.54, 1.807) is 0 Å². The number of allylic oxidation sites excluding steroid dienone is 1. The number of nitrogens with one attached hydrogen (secondary N) is 1. The molecule has 12 heteroatoms. The number of carbonyl (C=O) groups excluding carboxylic acids is 1. The number of aliphatic hydroxyl groups excluding tert-OH is 8. The lowest BCUT2D eigenvalue weighted by Crippen LogP contribution is -2.62. The number of hydrogen-bond donors (Lipinski definition) is 9. The van der Waals surface area contributed by atoms with E-state index in [9.17, 15) is 45.6 Å². The molecule has 12 nitrogen and oxygen atoms in total. The third kappa shape index (κ3) is 10.4. The maximum absolute atomic E-state index is 12.3. The van der Waals surface area contributed by atoms with E-state index in [4.69, 9.17) is 9.47 Å². The van der Waals surface area contributed by atoms with Crippen LogP contribution in [0.1, 0.15) is 51.4 Å². The average molecular weight is 510 g/mol. The summed E-state index contributed by atoms with van der Waals surface area (Å²) in [4.78, 5) is 12.3. The van der Waals surface area contributed by atoms with Gasteiger partial charge in [0.2, 0.25) is 0 Å². The lowest BCUT2D eigenvalue weighted by Gasteiger charge is -2.42. The monoisotopic (exact) mass is 509 g/mol. The van der Waals surface area contributed by atoms with Crippen molar-refractivity contribution in [2.24, 2.45) is 0 Å². The van der Waals surface area contributed by atoms with Crippen molar-refractivity contribution < 1.29 is 55.1 Å². The molecule has 0 saturated carbocycles. The van der Waals surface area contributed by atoms with Gasteiger partial charge in [0.05, 0.1) is 13.2 Å². The van der Waals surface area contributed by atoms with Crippen molar-refractivity contribution in [2.75, 3.05) is 19.8 Å². The molecule has 0 aromatic rings. The molecule has 0 spiro atoms. The Morgan fingerprint density at radius 1 is 0.943 bits per heavy atom. The highest BCUT2D eigenvalue weighted by Crippen LogP contribution is 2.25. The first-order valence-electron chi connectivity index (χ1n) is 12.2. The number of unbranched alkanes of at least 4 members (excludes halogenated alkanes) is 7. The van der Waals surface area contributed by atoms with E-state index in [1.165, 1.54) is 0 Å². The van der Waals surface area contributed by atoms with E-state index in [0.717, 1.165) is 44.9 Å². The molecule has 0 unspecified atom stereocenters. The summed E-state index contributed by atoms with van der Waals surface area (Å²) in [5.74, 6) is -0.922. The Bertz CT molecular complexity index is 594. The number of rotatable bonds is 18. The molecule has 0 radical (unpaired) electrons. The van der Waals surface area contributed by atoms with E-state index in [-0.39, 0.29) is 6.54 Å². The van der Waals surface area contributed by atoms with Gasteiger partial charge < -0.3 is 55.6 Å². The molecule has 1 heterocycles. The molecule has 0 aromatic heterocycles. The van der Waals surface area contributed by atoms with Crippen LogP contribution >= 0.6 is 0 Å². The minimum absolute atomic E-state index is 0.264. The lowest BCUT2D eigenvalue weighted by atomic mass is 9.98. The van der Waals surface area contributed by atoms with Crippen molar-refractivity contribution in [2.45, 2.75) is 106 Å². The molecule has 1 saturated heterocycles. The normalized spacial score (nSPS) is 28.2. The third-order valence-corrected chi connectivity index (χ3v) is 6.02. The number of amides is 1. The molecule has 1 rings (SSSR count). The topological polar surface area (TPSA) is 209 Å². The van der Waals surface area contributed by atoms with E-state index < -0.39 is 74.2 Å². The number of aliphatic hydroxyl groups is 8.